The summed E-state index contributed by atoms with van der Waals surface area (Å²) in [6, 6.07) is 0. The Bertz CT molecular complexity index is 1060. The standard InChI is InChI=1S/C76H156N4/c1-6-11-16-21-26-31-36-41-46-51-56-61-66-77(67-62-57-52-47-42-37-32-27-22-17-12-7-2)71-72-78-73-74-80(70-65-60-55-50-45-40-35-30-25-20-15-10-5)76(75-78)79(68-63-58-53-48-43-38-33-28-23-18-13-8-3)69-64-59-54-49-44-39-34-29-24-19-14-9-4/h76H,6-75H2,1-5H3. The molecule has 1 unspecified atom stereocenters. The molecule has 0 aromatic carbocycles. The molecule has 480 valence electrons. The number of hydrogen-bond acceptors (Lipinski definition) is 4. The van der Waals surface area contributed by atoms with Crippen LogP contribution in [0.4, 0.5) is 0 Å². The molecule has 0 radical (unpaired) electrons. The van der Waals surface area contributed by atoms with E-state index in [1.165, 1.54) is 451 Å². The second-order valence-electron chi connectivity index (χ2n) is 27.1. The van der Waals surface area contributed by atoms with Crippen LogP contribution in [0.3, 0.4) is 0 Å². The van der Waals surface area contributed by atoms with Crippen LogP contribution in [0, 0.1) is 0 Å². The minimum Gasteiger partial charge on any atom is -0.302 e. The Morgan fingerprint density at radius 2 is 0.450 bits per heavy atom. The van der Waals surface area contributed by atoms with Crippen LogP contribution >= 0.6 is 0 Å². The molecule has 4 nitrogen and oxygen atoms in total. The summed E-state index contributed by atoms with van der Waals surface area (Å²) in [6.07, 6.45) is 87.5. The number of rotatable bonds is 69. The van der Waals surface area contributed by atoms with E-state index in [1.54, 1.807) is 0 Å². The average molecular weight is 1130 g/mol. The molecule has 1 aliphatic heterocycles. The highest BCUT2D eigenvalue weighted by Crippen LogP contribution is 2.22. The Hall–Kier alpha value is -0.160. The third-order valence-corrected chi connectivity index (χ3v) is 19.3. The Balaban J connectivity index is 2.97. The van der Waals surface area contributed by atoms with Crippen LogP contribution in [-0.4, -0.2) is 91.2 Å². The third kappa shape index (κ3) is 54.5. The molecule has 0 saturated carbocycles. The van der Waals surface area contributed by atoms with Crippen molar-refractivity contribution in [1.29, 1.82) is 0 Å². The maximum atomic E-state index is 3.08. The molecule has 1 heterocycles. The predicted octanol–water partition coefficient (Wildman–Crippen LogP) is 25.0. The Morgan fingerprint density at radius 3 is 0.713 bits per heavy atom. The minimum atomic E-state index is 0.609. The molecule has 4 heteroatoms. The van der Waals surface area contributed by atoms with Crippen molar-refractivity contribution in [2.75, 3.05) is 65.4 Å². The van der Waals surface area contributed by atoms with Gasteiger partial charge in [0.05, 0.1) is 6.17 Å². The van der Waals surface area contributed by atoms with Crippen LogP contribution in [0.2, 0.25) is 0 Å². The predicted molar refractivity (Wildman–Crippen MR) is 365 cm³/mol. The van der Waals surface area contributed by atoms with E-state index < -0.39 is 0 Å². The molecule has 1 fully saturated rings. The van der Waals surface area contributed by atoms with Crippen molar-refractivity contribution in [3.8, 4) is 0 Å². The van der Waals surface area contributed by atoms with Crippen molar-refractivity contribution >= 4 is 0 Å². The summed E-state index contributed by atoms with van der Waals surface area (Å²) in [5, 5.41) is 0. The van der Waals surface area contributed by atoms with E-state index in [1.807, 2.05) is 0 Å². The minimum absolute atomic E-state index is 0.609. The average Bonchev–Trinajstić information content (AvgIpc) is 3.48. The molecule has 1 aliphatic rings. The highest BCUT2D eigenvalue weighted by molar-refractivity contribution is 4.84. The first-order chi connectivity index (χ1) is 39.7. The summed E-state index contributed by atoms with van der Waals surface area (Å²) in [5.41, 5.74) is 0. The summed E-state index contributed by atoms with van der Waals surface area (Å²) in [6.45, 7) is 24.8. The molecule has 0 bridgehead atoms. The van der Waals surface area contributed by atoms with Gasteiger partial charge in [0.2, 0.25) is 0 Å². The van der Waals surface area contributed by atoms with E-state index in [0.29, 0.717) is 6.17 Å². The van der Waals surface area contributed by atoms with Gasteiger partial charge in [-0.05, 0) is 64.8 Å². The molecule has 0 aliphatic carbocycles. The fourth-order valence-corrected chi connectivity index (χ4v) is 13.5. The topological polar surface area (TPSA) is 13.0 Å². The number of hydrogen-bond donors (Lipinski definition) is 0. The van der Waals surface area contributed by atoms with Crippen molar-refractivity contribution in [2.24, 2.45) is 0 Å². The SMILES string of the molecule is CCCCCCCCCCCCCCN(CCCCCCCCCCCCCC)CCN1CCN(CCCCCCCCCCCCCC)C(N(CCCCCCCCCCCCCC)CCCCCCCCCCCCCC)C1. The zero-order chi connectivity index (χ0) is 57.4. The number of piperazine rings is 1. The van der Waals surface area contributed by atoms with Gasteiger partial charge in [0.25, 0.3) is 0 Å². The first kappa shape index (κ1) is 77.9. The molecule has 0 amide bonds. The molecule has 1 rings (SSSR count). The summed E-state index contributed by atoms with van der Waals surface area (Å²) in [5.74, 6) is 0. The summed E-state index contributed by atoms with van der Waals surface area (Å²) < 4.78 is 0. The summed E-state index contributed by atoms with van der Waals surface area (Å²) in [4.78, 5) is 12.0. The molecular formula is C76H156N4. The zero-order valence-corrected chi connectivity index (χ0v) is 56.9. The number of nitrogens with zero attached hydrogens (tertiary/aromatic N) is 4. The van der Waals surface area contributed by atoms with Crippen molar-refractivity contribution in [3.63, 3.8) is 0 Å². The Kier molecular flexibility index (Phi) is 64.6. The van der Waals surface area contributed by atoms with Crippen molar-refractivity contribution in [1.82, 2.24) is 19.6 Å². The molecule has 1 saturated heterocycles. The van der Waals surface area contributed by atoms with Gasteiger partial charge in [0.1, 0.15) is 0 Å². The van der Waals surface area contributed by atoms with E-state index in [9.17, 15) is 0 Å². The monoisotopic (exact) mass is 1130 g/mol. The van der Waals surface area contributed by atoms with Crippen molar-refractivity contribution in [2.45, 2.75) is 426 Å². The lowest BCUT2D eigenvalue weighted by Crippen LogP contribution is -2.61. The van der Waals surface area contributed by atoms with E-state index in [4.69, 9.17) is 0 Å². The van der Waals surface area contributed by atoms with Gasteiger partial charge in [-0.15, -0.1) is 0 Å². The first-order valence-corrected chi connectivity index (χ1v) is 38.6. The Morgan fingerprint density at radius 1 is 0.225 bits per heavy atom. The lowest BCUT2D eigenvalue weighted by atomic mass is 10.0. The lowest BCUT2D eigenvalue weighted by molar-refractivity contribution is -0.0267. The van der Waals surface area contributed by atoms with E-state index in [0.717, 1.165) is 0 Å². The molecule has 0 aromatic heterocycles. The van der Waals surface area contributed by atoms with Gasteiger partial charge in [0.15, 0.2) is 0 Å². The fourth-order valence-electron chi connectivity index (χ4n) is 13.5. The highest BCUT2D eigenvalue weighted by atomic mass is 15.4. The second-order valence-corrected chi connectivity index (χ2v) is 27.1. The second kappa shape index (κ2) is 66.4. The first-order valence-electron chi connectivity index (χ1n) is 38.6. The van der Waals surface area contributed by atoms with Crippen molar-refractivity contribution < 1.29 is 0 Å². The number of unbranched alkanes of at least 4 members (excludes halogenated alkanes) is 55. The highest BCUT2D eigenvalue weighted by Gasteiger charge is 2.31. The van der Waals surface area contributed by atoms with Gasteiger partial charge in [-0.25, -0.2) is 0 Å². The van der Waals surface area contributed by atoms with Crippen LogP contribution in [0.15, 0.2) is 0 Å². The van der Waals surface area contributed by atoms with Crippen LogP contribution in [0.1, 0.15) is 420 Å². The normalized spacial score (nSPS) is 14.5. The molecule has 80 heavy (non-hydrogen) atoms. The zero-order valence-electron chi connectivity index (χ0n) is 56.9. The molecule has 0 spiro atoms. The van der Waals surface area contributed by atoms with Crippen LogP contribution in [0.25, 0.3) is 0 Å². The summed E-state index contributed by atoms with van der Waals surface area (Å²) >= 11 is 0. The van der Waals surface area contributed by atoms with Gasteiger partial charge in [-0.2, -0.15) is 0 Å². The largest absolute Gasteiger partial charge is 0.302 e. The van der Waals surface area contributed by atoms with Crippen LogP contribution in [-0.2, 0) is 0 Å². The maximum absolute atomic E-state index is 3.08. The van der Waals surface area contributed by atoms with Gasteiger partial charge < -0.3 is 4.90 Å². The summed E-state index contributed by atoms with van der Waals surface area (Å²) in [7, 11) is 0. The van der Waals surface area contributed by atoms with Gasteiger partial charge in [0, 0.05) is 32.7 Å². The van der Waals surface area contributed by atoms with Gasteiger partial charge >= 0.3 is 0 Å². The molecule has 0 N–H and O–H groups in total. The van der Waals surface area contributed by atoms with Gasteiger partial charge in [-0.3, -0.25) is 14.7 Å². The fraction of sp³-hybridized carbons (Fsp3) is 1.00. The third-order valence-electron chi connectivity index (χ3n) is 19.3. The van der Waals surface area contributed by atoms with Gasteiger partial charge in [-0.1, -0.05) is 388 Å². The lowest BCUT2D eigenvalue weighted by Gasteiger charge is -2.47. The quantitative estimate of drug-likeness (QED) is 0.0563. The Labute approximate surface area is 508 Å². The molecule has 0 aromatic rings. The van der Waals surface area contributed by atoms with Crippen molar-refractivity contribution in [3.05, 3.63) is 0 Å². The van der Waals surface area contributed by atoms with E-state index in [2.05, 4.69) is 54.2 Å². The smallest absolute Gasteiger partial charge is 0.0754 e. The molecular weight excluding hydrogens is 969 g/mol. The maximum Gasteiger partial charge on any atom is 0.0754 e. The van der Waals surface area contributed by atoms with Crippen LogP contribution in [0.5, 0.6) is 0 Å². The van der Waals surface area contributed by atoms with E-state index >= 15 is 0 Å². The van der Waals surface area contributed by atoms with Crippen LogP contribution < -0.4 is 0 Å². The molecule has 1 atom stereocenters. The van der Waals surface area contributed by atoms with E-state index in [-0.39, 0.29) is 0 Å².